The average Bonchev–Trinajstić information content (AvgIpc) is 2.34. The number of piperazine rings is 1. The van der Waals surface area contributed by atoms with Gasteiger partial charge in [-0.1, -0.05) is 0 Å². The van der Waals surface area contributed by atoms with Crippen LogP contribution in [0.5, 0.6) is 0 Å². The molecule has 1 aliphatic rings. The largest absolute Gasteiger partial charge is 0.389 e. The summed E-state index contributed by atoms with van der Waals surface area (Å²) in [6.45, 7) is 12.1. The molecule has 5 heteroatoms. The molecule has 19 heavy (non-hydrogen) atoms. The highest BCUT2D eigenvalue weighted by Crippen LogP contribution is 2.08. The first-order valence-electron chi connectivity index (χ1n) is 7.25. The third-order valence-corrected chi connectivity index (χ3v) is 3.26. The van der Waals surface area contributed by atoms with Gasteiger partial charge >= 0.3 is 0 Å². The Bertz CT molecular complexity index is 223. The van der Waals surface area contributed by atoms with E-state index in [0.29, 0.717) is 0 Å². The van der Waals surface area contributed by atoms with Gasteiger partial charge in [0, 0.05) is 59.6 Å². The van der Waals surface area contributed by atoms with Crippen LogP contribution in [0.25, 0.3) is 0 Å². The molecule has 0 saturated carbocycles. The lowest BCUT2D eigenvalue weighted by molar-refractivity contribution is 0.0118. The van der Waals surface area contributed by atoms with E-state index in [0.717, 1.165) is 65.5 Å². The molecule has 0 atom stereocenters. The van der Waals surface area contributed by atoms with Gasteiger partial charge in [0.15, 0.2) is 0 Å². The standard InChI is InChI=1S/C14H30N2O3/c1-14(2,17)13-16-7-5-15(6-8-16)9-12-19-11-4-10-18-3/h17H,4-13H2,1-3H3. The fraction of sp³-hybridized carbons (Fsp3) is 1.00. The molecule has 0 bridgehead atoms. The van der Waals surface area contributed by atoms with Gasteiger partial charge in [0.25, 0.3) is 0 Å². The Morgan fingerprint density at radius 3 is 2.21 bits per heavy atom. The first-order valence-corrected chi connectivity index (χ1v) is 7.25. The smallest absolute Gasteiger partial charge is 0.0718 e. The molecule has 0 aromatic rings. The zero-order valence-electron chi connectivity index (χ0n) is 12.7. The Morgan fingerprint density at radius 2 is 1.63 bits per heavy atom. The van der Waals surface area contributed by atoms with Crippen LogP contribution in [0.2, 0.25) is 0 Å². The molecular weight excluding hydrogens is 244 g/mol. The second kappa shape index (κ2) is 8.87. The maximum Gasteiger partial charge on any atom is 0.0718 e. The molecule has 1 heterocycles. The van der Waals surface area contributed by atoms with Crippen LogP contribution in [0.15, 0.2) is 0 Å². The molecular formula is C14H30N2O3. The van der Waals surface area contributed by atoms with Crippen molar-refractivity contribution in [2.24, 2.45) is 0 Å². The molecule has 0 spiro atoms. The summed E-state index contributed by atoms with van der Waals surface area (Å²) in [6.07, 6.45) is 0.968. The van der Waals surface area contributed by atoms with Crippen molar-refractivity contribution in [3.63, 3.8) is 0 Å². The van der Waals surface area contributed by atoms with E-state index in [9.17, 15) is 5.11 Å². The first-order chi connectivity index (χ1) is 9.01. The molecule has 0 aromatic carbocycles. The number of rotatable bonds is 9. The van der Waals surface area contributed by atoms with Crippen LogP contribution in [0.3, 0.4) is 0 Å². The topological polar surface area (TPSA) is 45.2 Å². The Morgan fingerprint density at radius 1 is 1.00 bits per heavy atom. The molecule has 5 nitrogen and oxygen atoms in total. The van der Waals surface area contributed by atoms with Gasteiger partial charge in [0.2, 0.25) is 0 Å². The summed E-state index contributed by atoms with van der Waals surface area (Å²) < 4.78 is 10.5. The summed E-state index contributed by atoms with van der Waals surface area (Å²) in [6, 6.07) is 0. The Balaban J connectivity index is 2.01. The zero-order chi connectivity index (χ0) is 14.1. The zero-order valence-corrected chi connectivity index (χ0v) is 12.7. The molecule has 0 aliphatic carbocycles. The summed E-state index contributed by atoms with van der Waals surface area (Å²) in [4.78, 5) is 4.76. The predicted octanol–water partition coefficient (Wildman–Crippen LogP) is 0.428. The number of hydrogen-bond acceptors (Lipinski definition) is 5. The van der Waals surface area contributed by atoms with Crippen LogP contribution >= 0.6 is 0 Å². The van der Waals surface area contributed by atoms with Gasteiger partial charge in [-0.2, -0.15) is 0 Å². The Kier molecular flexibility index (Phi) is 7.87. The van der Waals surface area contributed by atoms with Crippen molar-refractivity contribution in [1.29, 1.82) is 0 Å². The number of hydrogen-bond donors (Lipinski definition) is 1. The highest BCUT2D eigenvalue weighted by Gasteiger charge is 2.22. The average molecular weight is 274 g/mol. The summed E-state index contributed by atoms with van der Waals surface area (Å²) >= 11 is 0. The lowest BCUT2D eigenvalue weighted by atomic mass is 10.1. The lowest BCUT2D eigenvalue weighted by Crippen LogP contribution is -2.51. The van der Waals surface area contributed by atoms with Gasteiger partial charge in [-0.25, -0.2) is 0 Å². The molecule has 1 aliphatic heterocycles. The van der Waals surface area contributed by atoms with E-state index in [1.54, 1.807) is 7.11 Å². The highest BCUT2D eigenvalue weighted by atomic mass is 16.5. The van der Waals surface area contributed by atoms with E-state index >= 15 is 0 Å². The molecule has 1 saturated heterocycles. The van der Waals surface area contributed by atoms with Crippen molar-refractivity contribution in [2.75, 3.05) is 66.2 Å². The predicted molar refractivity (Wildman–Crippen MR) is 76.5 cm³/mol. The van der Waals surface area contributed by atoms with Crippen LogP contribution < -0.4 is 0 Å². The molecule has 0 radical (unpaired) electrons. The minimum Gasteiger partial charge on any atom is -0.389 e. The summed E-state index contributed by atoms with van der Waals surface area (Å²) in [5, 5.41) is 9.79. The van der Waals surface area contributed by atoms with E-state index in [1.165, 1.54) is 0 Å². The van der Waals surface area contributed by atoms with E-state index in [2.05, 4.69) is 9.80 Å². The molecule has 0 amide bonds. The fourth-order valence-electron chi connectivity index (χ4n) is 2.32. The minimum absolute atomic E-state index is 0.591. The number of methoxy groups -OCH3 is 1. The van der Waals surface area contributed by atoms with Crippen LogP contribution in [-0.4, -0.2) is 86.7 Å². The van der Waals surface area contributed by atoms with Crippen molar-refractivity contribution in [3.05, 3.63) is 0 Å². The van der Waals surface area contributed by atoms with Gasteiger partial charge < -0.3 is 14.6 Å². The second-order valence-electron chi connectivity index (χ2n) is 5.89. The molecule has 1 fully saturated rings. The lowest BCUT2D eigenvalue weighted by Gasteiger charge is -2.37. The number of ether oxygens (including phenoxy) is 2. The van der Waals surface area contributed by atoms with Crippen molar-refractivity contribution in [2.45, 2.75) is 25.9 Å². The molecule has 0 unspecified atom stereocenters. The Hall–Kier alpha value is -0.200. The van der Waals surface area contributed by atoms with Crippen LogP contribution in [0.1, 0.15) is 20.3 Å². The van der Waals surface area contributed by atoms with Gasteiger partial charge in [-0.05, 0) is 20.3 Å². The van der Waals surface area contributed by atoms with Crippen LogP contribution in [0, 0.1) is 0 Å². The quantitative estimate of drug-likeness (QED) is 0.618. The van der Waals surface area contributed by atoms with Crippen molar-refractivity contribution in [1.82, 2.24) is 9.80 Å². The third kappa shape index (κ3) is 8.55. The maximum atomic E-state index is 9.79. The van der Waals surface area contributed by atoms with Crippen molar-refractivity contribution in [3.8, 4) is 0 Å². The van der Waals surface area contributed by atoms with Crippen molar-refractivity contribution >= 4 is 0 Å². The number of aliphatic hydroxyl groups is 1. The van der Waals surface area contributed by atoms with Gasteiger partial charge in [-0.3, -0.25) is 9.80 Å². The maximum absolute atomic E-state index is 9.79. The van der Waals surface area contributed by atoms with Gasteiger partial charge in [0.1, 0.15) is 0 Å². The van der Waals surface area contributed by atoms with Gasteiger partial charge in [-0.15, -0.1) is 0 Å². The monoisotopic (exact) mass is 274 g/mol. The summed E-state index contributed by atoms with van der Waals surface area (Å²) in [5.41, 5.74) is -0.591. The van der Waals surface area contributed by atoms with E-state index in [4.69, 9.17) is 9.47 Å². The highest BCUT2D eigenvalue weighted by molar-refractivity contribution is 4.77. The summed E-state index contributed by atoms with van der Waals surface area (Å²) in [7, 11) is 1.72. The SMILES string of the molecule is COCCCOCCN1CCN(CC(C)(C)O)CC1. The molecule has 1 N–H and O–H groups in total. The molecule has 0 aromatic heterocycles. The molecule has 1 rings (SSSR count). The van der Waals surface area contributed by atoms with E-state index in [-0.39, 0.29) is 0 Å². The fourth-order valence-corrected chi connectivity index (χ4v) is 2.32. The summed E-state index contributed by atoms with van der Waals surface area (Å²) in [5.74, 6) is 0. The van der Waals surface area contributed by atoms with Crippen LogP contribution in [-0.2, 0) is 9.47 Å². The van der Waals surface area contributed by atoms with E-state index < -0.39 is 5.60 Å². The minimum atomic E-state index is -0.591. The van der Waals surface area contributed by atoms with Gasteiger partial charge in [0.05, 0.1) is 12.2 Å². The second-order valence-corrected chi connectivity index (χ2v) is 5.89. The number of β-amino-alcohol motifs (C(OH)–C–C–N with tert-alkyl or cyclic N) is 1. The van der Waals surface area contributed by atoms with Crippen molar-refractivity contribution < 1.29 is 14.6 Å². The number of nitrogens with zero attached hydrogens (tertiary/aromatic N) is 2. The Labute approximate surface area is 117 Å². The van der Waals surface area contributed by atoms with Crippen LogP contribution in [0.4, 0.5) is 0 Å². The molecule has 114 valence electrons. The van der Waals surface area contributed by atoms with E-state index in [1.807, 2.05) is 13.8 Å². The first kappa shape index (κ1) is 16.9. The normalized spacial score (nSPS) is 18.9. The third-order valence-electron chi connectivity index (χ3n) is 3.26.